The normalized spacial score (nSPS) is 10.6. The molecule has 1 aromatic carbocycles. The Morgan fingerprint density at radius 2 is 1.95 bits per heavy atom. The molecule has 0 aliphatic rings. The lowest BCUT2D eigenvalue weighted by atomic mass is 10.2. The zero-order valence-corrected chi connectivity index (χ0v) is 13.1. The number of hydrogen-bond donors (Lipinski definition) is 0. The van der Waals surface area contributed by atoms with E-state index in [1.807, 2.05) is 31.6 Å². The van der Waals surface area contributed by atoms with Gasteiger partial charge in [-0.3, -0.25) is 4.98 Å². The highest BCUT2D eigenvalue weighted by molar-refractivity contribution is 6.33. The van der Waals surface area contributed by atoms with Gasteiger partial charge >= 0.3 is 0 Å². The third-order valence-corrected chi connectivity index (χ3v) is 3.83. The van der Waals surface area contributed by atoms with Gasteiger partial charge in [-0.1, -0.05) is 41.9 Å². The second-order valence-electron chi connectivity index (χ2n) is 5.14. The van der Waals surface area contributed by atoms with Crippen molar-refractivity contribution in [3.63, 3.8) is 0 Å². The summed E-state index contributed by atoms with van der Waals surface area (Å²) in [5.41, 5.74) is 2.21. The molecule has 112 valence electrons. The summed E-state index contributed by atoms with van der Waals surface area (Å²) < 4.78 is 2.15. The summed E-state index contributed by atoms with van der Waals surface area (Å²) in [6.45, 7) is 1.50. The molecule has 0 saturated carbocycles. The van der Waals surface area contributed by atoms with Gasteiger partial charge in [0.25, 0.3) is 0 Å². The predicted octanol–water partition coefficient (Wildman–Crippen LogP) is 3.62. The number of anilines is 1. The summed E-state index contributed by atoms with van der Waals surface area (Å²) >= 11 is 6.20. The third-order valence-electron chi connectivity index (χ3n) is 3.54. The summed E-state index contributed by atoms with van der Waals surface area (Å²) in [5, 5.41) is 0.645. The smallest absolute Gasteiger partial charge is 0.128 e. The van der Waals surface area contributed by atoms with Gasteiger partial charge in [-0.15, -0.1) is 0 Å². The molecule has 2 heterocycles. The Morgan fingerprint density at radius 1 is 1.14 bits per heavy atom. The molecular formula is C17H17ClN4. The van der Waals surface area contributed by atoms with E-state index in [-0.39, 0.29) is 0 Å². The van der Waals surface area contributed by atoms with Crippen LogP contribution in [-0.2, 0) is 13.1 Å². The van der Waals surface area contributed by atoms with Gasteiger partial charge in [0, 0.05) is 38.4 Å². The minimum Gasteiger partial charge on any atom is -0.366 e. The average molecular weight is 313 g/mol. The molecule has 4 nitrogen and oxygen atoms in total. The van der Waals surface area contributed by atoms with Crippen molar-refractivity contribution >= 4 is 17.3 Å². The van der Waals surface area contributed by atoms with Crippen LogP contribution in [0, 0.1) is 0 Å². The lowest BCUT2D eigenvalue weighted by molar-refractivity contribution is 0.707. The first-order valence-electron chi connectivity index (χ1n) is 7.08. The molecule has 22 heavy (non-hydrogen) atoms. The van der Waals surface area contributed by atoms with Gasteiger partial charge in [-0.2, -0.15) is 0 Å². The number of nitrogens with zero attached hydrogens (tertiary/aromatic N) is 4. The van der Waals surface area contributed by atoms with Gasteiger partial charge in [0.1, 0.15) is 5.82 Å². The van der Waals surface area contributed by atoms with Crippen LogP contribution in [-0.4, -0.2) is 21.6 Å². The van der Waals surface area contributed by atoms with E-state index in [1.54, 1.807) is 12.4 Å². The maximum atomic E-state index is 6.20. The monoisotopic (exact) mass is 312 g/mol. The lowest BCUT2D eigenvalue weighted by Crippen LogP contribution is -2.20. The minimum absolute atomic E-state index is 0.645. The highest BCUT2D eigenvalue weighted by Gasteiger charge is 2.10. The summed E-state index contributed by atoms with van der Waals surface area (Å²) in [6.07, 6.45) is 7.24. The summed E-state index contributed by atoms with van der Waals surface area (Å²) in [4.78, 5) is 10.6. The van der Waals surface area contributed by atoms with Crippen molar-refractivity contribution in [2.24, 2.45) is 0 Å². The van der Waals surface area contributed by atoms with E-state index in [0.717, 1.165) is 18.1 Å². The van der Waals surface area contributed by atoms with E-state index in [2.05, 4.69) is 43.7 Å². The van der Waals surface area contributed by atoms with Crippen molar-refractivity contribution in [2.75, 3.05) is 11.9 Å². The van der Waals surface area contributed by atoms with Gasteiger partial charge in [0.05, 0.1) is 17.3 Å². The molecule has 0 atom stereocenters. The first-order valence-corrected chi connectivity index (χ1v) is 7.46. The molecular weight excluding hydrogens is 296 g/mol. The van der Waals surface area contributed by atoms with E-state index < -0.39 is 0 Å². The molecule has 2 aromatic heterocycles. The summed E-state index contributed by atoms with van der Waals surface area (Å²) in [5.74, 6) is 0.999. The number of pyridine rings is 1. The van der Waals surface area contributed by atoms with E-state index in [1.165, 1.54) is 5.56 Å². The van der Waals surface area contributed by atoms with Crippen molar-refractivity contribution in [1.82, 2.24) is 14.5 Å². The van der Waals surface area contributed by atoms with Crippen LogP contribution >= 0.6 is 11.6 Å². The molecule has 3 rings (SSSR count). The number of benzene rings is 1. The van der Waals surface area contributed by atoms with Crippen LogP contribution in [0.25, 0.3) is 0 Å². The summed E-state index contributed by atoms with van der Waals surface area (Å²) in [6, 6.07) is 12.3. The highest BCUT2D eigenvalue weighted by atomic mass is 35.5. The lowest BCUT2D eigenvalue weighted by Gasteiger charge is -2.20. The van der Waals surface area contributed by atoms with Crippen LogP contribution in [0.1, 0.15) is 11.4 Å². The van der Waals surface area contributed by atoms with Crippen LogP contribution in [0.2, 0.25) is 5.02 Å². The molecule has 5 heteroatoms. The van der Waals surface area contributed by atoms with Crippen LogP contribution in [0.5, 0.6) is 0 Å². The standard InChI is InChI=1S/C17H17ClN4/c1-21(16-7-8-19-11-15(16)18)13-17-20-9-10-22(17)12-14-5-3-2-4-6-14/h2-11H,12-13H2,1H3. The first-order chi connectivity index (χ1) is 10.7. The van der Waals surface area contributed by atoms with Crippen molar-refractivity contribution in [1.29, 1.82) is 0 Å². The second kappa shape index (κ2) is 6.62. The Hall–Kier alpha value is -2.33. The number of halogens is 1. The quantitative estimate of drug-likeness (QED) is 0.721. The van der Waals surface area contributed by atoms with E-state index in [0.29, 0.717) is 11.6 Å². The number of aromatic nitrogens is 3. The fraction of sp³-hybridized carbons (Fsp3) is 0.176. The Morgan fingerprint density at radius 3 is 2.73 bits per heavy atom. The van der Waals surface area contributed by atoms with Crippen molar-refractivity contribution < 1.29 is 0 Å². The molecule has 0 bridgehead atoms. The van der Waals surface area contributed by atoms with Crippen molar-refractivity contribution in [3.8, 4) is 0 Å². The largest absolute Gasteiger partial charge is 0.366 e. The van der Waals surface area contributed by atoms with E-state index in [4.69, 9.17) is 11.6 Å². The highest BCUT2D eigenvalue weighted by Crippen LogP contribution is 2.24. The Kier molecular flexibility index (Phi) is 4.39. The molecule has 0 aliphatic heterocycles. The maximum absolute atomic E-state index is 6.20. The molecule has 0 N–H and O–H groups in total. The number of hydrogen-bond acceptors (Lipinski definition) is 3. The van der Waals surface area contributed by atoms with Crippen LogP contribution in [0.15, 0.2) is 61.2 Å². The number of imidazole rings is 1. The van der Waals surface area contributed by atoms with Gasteiger partial charge < -0.3 is 9.47 Å². The molecule has 0 unspecified atom stereocenters. The van der Waals surface area contributed by atoms with E-state index in [9.17, 15) is 0 Å². The fourth-order valence-corrected chi connectivity index (χ4v) is 2.65. The zero-order chi connectivity index (χ0) is 15.4. The van der Waals surface area contributed by atoms with Gasteiger partial charge in [0.2, 0.25) is 0 Å². The zero-order valence-electron chi connectivity index (χ0n) is 12.4. The third kappa shape index (κ3) is 3.28. The Labute approximate surface area is 135 Å². The minimum atomic E-state index is 0.645. The molecule has 0 fully saturated rings. The molecule has 0 saturated heterocycles. The average Bonchev–Trinajstić information content (AvgIpc) is 2.95. The molecule has 3 aromatic rings. The van der Waals surface area contributed by atoms with Gasteiger partial charge in [0.15, 0.2) is 0 Å². The number of rotatable bonds is 5. The fourth-order valence-electron chi connectivity index (χ4n) is 2.39. The van der Waals surface area contributed by atoms with E-state index >= 15 is 0 Å². The molecule has 0 spiro atoms. The Bertz CT molecular complexity index is 739. The first kappa shape index (κ1) is 14.6. The van der Waals surface area contributed by atoms with Crippen LogP contribution < -0.4 is 4.90 Å². The van der Waals surface area contributed by atoms with Crippen LogP contribution in [0.4, 0.5) is 5.69 Å². The topological polar surface area (TPSA) is 34.0 Å². The van der Waals surface area contributed by atoms with Gasteiger partial charge in [-0.05, 0) is 11.6 Å². The summed E-state index contributed by atoms with van der Waals surface area (Å²) in [7, 11) is 2.00. The molecule has 0 aliphatic carbocycles. The second-order valence-corrected chi connectivity index (χ2v) is 5.55. The SMILES string of the molecule is CN(Cc1nccn1Cc1ccccc1)c1ccncc1Cl. The predicted molar refractivity (Wildman–Crippen MR) is 89.1 cm³/mol. The van der Waals surface area contributed by atoms with Crippen LogP contribution in [0.3, 0.4) is 0 Å². The maximum Gasteiger partial charge on any atom is 0.128 e. The molecule has 0 amide bonds. The van der Waals surface area contributed by atoms with Crippen molar-refractivity contribution in [3.05, 3.63) is 77.6 Å². The molecule has 0 radical (unpaired) electrons. The Balaban J connectivity index is 1.76. The van der Waals surface area contributed by atoms with Crippen molar-refractivity contribution in [2.45, 2.75) is 13.1 Å². The van der Waals surface area contributed by atoms with Gasteiger partial charge in [-0.25, -0.2) is 4.98 Å².